The minimum atomic E-state index is 0.0529. The van der Waals surface area contributed by atoms with Crippen molar-refractivity contribution in [1.29, 1.82) is 0 Å². The van der Waals surface area contributed by atoms with Gasteiger partial charge in [0.15, 0.2) is 0 Å². The molecule has 0 aromatic heterocycles. The van der Waals surface area contributed by atoms with E-state index >= 15 is 0 Å². The fraction of sp³-hybridized carbons (Fsp3) is 0.636. The molecule has 25 heavy (non-hydrogen) atoms. The van der Waals surface area contributed by atoms with Crippen molar-refractivity contribution >= 4 is 0 Å². The van der Waals surface area contributed by atoms with Crippen LogP contribution in [0.1, 0.15) is 57.9 Å². The third-order valence-corrected chi connectivity index (χ3v) is 5.85. The second kappa shape index (κ2) is 9.40. The van der Waals surface area contributed by atoms with Gasteiger partial charge in [-0.3, -0.25) is 9.80 Å². The smallest absolute Gasteiger partial charge is 0.115 e. The lowest BCUT2D eigenvalue weighted by atomic mass is 9.73. The van der Waals surface area contributed by atoms with E-state index in [1.807, 2.05) is 18.2 Å². The molecular weight excluding hydrogens is 308 g/mol. The summed E-state index contributed by atoms with van der Waals surface area (Å²) in [5.41, 5.74) is 1.32. The van der Waals surface area contributed by atoms with Crippen molar-refractivity contribution in [2.24, 2.45) is 0 Å². The summed E-state index contributed by atoms with van der Waals surface area (Å²) in [5.74, 6) is 0.378. The van der Waals surface area contributed by atoms with Crippen molar-refractivity contribution in [3.8, 4) is 5.75 Å². The van der Waals surface area contributed by atoms with E-state index < -0.39 is 0 Å². The SMILES string of the molecule is C=CCN(CCC)C1CCC(c2cccc(O)c2)(N(C)CCC)CC1. The Kier molecular flexibility index (Phi) is 7.52. The summed E-state index contributed by atoms with van der Waals surface area (Å²) in [6.07, 6.45) is 9.09. The van der Waals surface area contributed by atoms with Crippen LogP contribution in [0.5, 0.6) is 5.75 Å². The van der Waals surface area contributed by atoms with Crippen molar-refractivity contribution in [2.45, 2.75) is 64.0 Å². The first-order valence-corrected chi connectivity index (χ1v) is 9.93. The van der Waals surface area contributed by atoms with E-state index in [-0.39, 0.29) is 5.54 Å². The first-order chi connectivity index (χ1) is 12.1. The number of aromatic hydroxyl groups is 1. The Bertz CT molecular complexity index is 535. The van der Waals surface area contributed by atoms with Gasteiger partial charge in [-0.1, -0.05) is 32.1 Å². The summed E-state index contributed by atoms with van der Waals surface area (Å²) < 4.78 is 0. The molecule has 0 bridgehead atoms. The zero-order valence-corrected chi connectivity index (χ0v) is 16.4. The van der Waals surface area contributed by atoms with Crippen molar-refractivity contribution in [3.05, 3.63) is 42.5 Å². The minimum absolute atomic E-state index is 0.0529. The summed E-state index contributed by atoms with van der Waals surface area (Å²) in [5, 5.41) is 10.0. The van der Waals surface area contributed by atoms with Gasteiger partial charge in [-0.2, -0.15) is 0 Å². The number of benzene rings is 1. The van der Waals surface area contributed by atoms with Crippen LogP contribution < -0.4 is 0 Å². The Balaban J connectivity index is 2.21. The molecule has 1 aromatic carbocycles. The molecule has 3 heteroatoms. The van der Waals surface area contributed by atoms with Gasteiger partial charge in [-0.25, -0.2) is 0 Å². The highest BCUT2D eigenvalue weighted by molar-refractivity contribution is 5.33. The van der Waals surface area contributed by atoms with Crippen LogP contribution in [0.4, 0.5) is 0 Å². The molecular formula is C22H36N2O. The van der Waals surface area contributed by atoms with Gasteiger partial charge < -0.3 is 5.11 Å². The number of hydrogen-bond donors (Lipinski definition) is 1. The lowest BCUT2D eigenvalue weighted by Crippen LogP contribution is -2.50. The van der Waals surface area contributed by atoms with E-state index in [0.717, 1.165) is 38.9 Å². The third kappa shape index (κ3) is 4.65. The molecule has 0 spiro atoms. The van der Waals surface area contributed by atoms with Crippen molar-refractivity contribution in [2.75, 3.05) is 26.7 Å². The van der Waals surface area contributed by atoms with E-state index in [1.165, 1.54) is 24.8 Å². The normalized spacial score (nSPS) is 24.0. The zero-order valence-electron chi connectivity index (χ0n) is 16.4. The first kappa shape index (κ1) is 20.0. The average molecular weight is 345 g/mol. The largest absolute Gasteiger partial charge is 0.508 e. The van der Waals surface area contributed by atoms with E-state index in [4.69, 9.17) is 0 Å². The standard InChI is InChI=1S/C22H36N2O/c1-5-15-23(4)22(19-9-8-10-21(25)18-19)13-11-20(12-14-22)24(16-6-2)17-7-3/h6,8-10,18,20,25H,2,5,7,11-17H2,1,3-4H3. The van der Waals surface area contributed by atoms with Gasteiger partial charge >= 0.3 is 0 Å². The van der Waals surface area contributed by atoms with Crippen LogP contribution in [-0.4, -0.2) is 47.6 Å². The van der Waals surface area contributed by atoms with Crippen LogP contribution in [0.2, 0.25) is 0 Å². The fourth-order valence-electron chi connectivity index (χ4n) is 4.56. The van der Waals surface area contributed by atoms with Crippen LogP contribution >= 0.6 is 0 Å². The zero-order chi connectivity index (χ0) is 18.3. The second-order valence-corrected chi connectivity index (χ2v) is 7.52. The molecule has 1 N–H and O–H groups in total. The maximum absolute atomic E-state index is 10.0. The number of phenols is 1. The van der Waals surface area contributed by atoms with Crippen LogP contribution in [0, 0.1) is 0 Å². The molecule has 3 nitrogen and oxygen atoms in total. The molecule has 1 aromatic rings. The molecule has 0 saturated heterocycles. The van der Waals surface area contributed by atoms with Gasteiger partial charge in [0.25, 0.3) is 0 Å². The van der Waals surface area contributed by atoms with Gasteiger partial charge in [0.2, 0.25) is 0 Å². The highest BCUT2D eigenvalue weighted by Crippen LogP contribution is 2.43. The van der Waals surface area contributed by atoms with Crippen molar-refractivity contribution in [1.82, 2.24) is 9.80 Å². The molecule has 0 heterocycles. The van der Waals surface area contributed by atoms with E-state index in [2.05, 4.69) is 43.3 Å². The summed E-state index contributed by atoms with van der Waals surface area (Å²) >= 11 is 0. The monoisotopic (exact) mass is 344 g/mol. The summed E-state index contributed by atoms with van der Waals surface area (Å²) in [7, 11) is 2.25. The highest BCUT2D eigenvalue weighted by atomic mass is 16.3. The van der Waals surface area contributed by atoms with Gasteiger partial charge in [0.05, 0.1) is 0 Å². The van der Waals surface area contributed by atoms with Gasteiger partial charge in [-0.15, -0.1) is 6.58 Å². The predicted molar refractivity (Wildman–Crippen MR) is 107 cm³/mol. The number of rotatable bonds is 9. The predicted octanol–water partition coefficient (Wildman–Crippen LogP) is 4.77. The molecule has 1 aliphatic rings. The summed E-state index contributed by atoms with van der Waals surface area (Å²) in [6, 6.07) is 8.58. The third-order valence-electron chi connectivity index (χ3n) is 5.85. The van der Waals surface area contributed by atoms with E-state index in [9.17, 15) is 5.11 Å². The van der Waals surface area contributed by atoms with Gasteiger partial charge in [0.1, 0.15) is 5.75 Å². The molecule has 1 aliphatic carbocycles. The van der Waals surface area contributed by atoms with Gasteiger partial charge in [0, 0.05) is 18.1 Å². The van der Waals surface area contributed by atoms with Crippen LogP contribution in [0.25, 0.3) is 0 Å². The molecule has 0 atom stereocenters. The Morgan fingerprint density at radius 3 is 2.44 bits per heavy atom. The lowest BCUT2D eigenvalue weighted by molar-refractivity contribution is 0.0360. The molecule has 140 valence electrons. The van der Waals surface area contributed by atoms with E-state index in [1.54, 1.807) is 6.07 Å². The number of phenolic OH excluding ortho intramolecular Hbond substituents is 1. The Hall–Kier alpha value is -1.32. The molecule has 0 radical (unpaired) electrons. The van der Waals surface area contributed by atoms with Crippen LogP contribution in [-0.2, 0) is 5.54 Å². The van der Waals surface area contributed by atoms with Crippen LogP contribution in [0.15, 0.2) is 36.9 Å². The number of hydrogen-bond acceptors (Lipinski definition) is 3. The number of nitrogens with zero attached hydrogens (tertiary/aromatic N) is 2. The Morgan fingerprint density at radius 1 is 1.20 bits per heavy atom. The first-order valence-electron chi connectivity index (χ1n) is 9.93. The summed E-state index contributed by atoms with van der Waals surface area (Å²) in [4.78, 5) is 5.12. The molecule has 0 unspecified atom stereocenters. The fourth-order valence-corrected chi connectivity index (χ4v) is 4.56. The molecule has 0 amide bonds. The summed E-state index contributed by atoms with van der Waals surface area (Å²) in [6.45, 7) is 11.7. The maximum atomic E-state index is 10.0. The lowest BCUT2D eigenvalue weighted by Gasteiger charge is -2.49. The van der Waals surface area contributed by atoms with Gasteiger partial charge in [-0.05, 0) is 76.4 Å². The van der Waals surface area contributed by atoms with Crippen LogP contribution in [0.3, 0.4) is 0 Å². The second-order valence-electron chi connectivity index (χ2n) is 7.52. The molecule has 1 fully saturated rings. The maximum Gasteiger partial charge on any atom is 0.115 e. The Labute approximate surface area is 154 Å². The average Bonchev–Trinajstić information content (AvgIpc) is 2.62. The quantitative estimate of drug-likeness (QED) is 0.654. The molecule has 0 aliphatic heterocycles. The van der Waals surface area contributed by atoms with Crippen molar-refractivity contribution in [3.63, 3.8) is 0 Å². The topological polar surface area (TPSA) is 26.7 Å². The highest BCUT2D eigenvalue weighted by Gasteiger charge is 2.41. The Morgan fingerprint density at radius 2 is 1.88 bits per heavy atom. The van der Waals surface area contributed by atoms with Crippen molar-refractivity contribution < 1.29 is 5.11 Å². The molecule has 2 rings (SSSR count). The van der Waals surface area contributed by atoms with E-state index in [0.29, 0.717) is 11.8 Å². The minimum Gasteiger partial charge on any atom is -0.508 e. The molecule has 1 saturated carbocycles.